The summed E-state index contributed by atoms with van der Waals surface area (Å²) in [5.74, 6) is 0. The third kappa shape index (κ3) is 5.23. The number of ether oxygens (including phenoxy) is 1. The van der Waals surface area contributed by atoms with E-state index in [4.69, 9.17) is 4.74 Å². The molecule has 0 spiro atoms. The van der Waals surface area contributed by atoms with Gasteiger partial charge in [-0.05, 0) is 35.9 Å². The molecule has 0 radical (unpaired) electrons. The third-order valence-corrected chi connectivity index (χ3v) is 3.14. The first-order chi connectivity index (χ1) is 11.2. The molecular formula is C16H13F6NO. The molecule has 0 aliphatic carbocycles. The minimum absolute atomic E-state index is 0.0946. The Morgan fingerprint density at radius 3 is 2.00 bits per heavy atom. The van der Waals surface area contributed by atoms with Crippen LogP contribution in [0.15, 0.2) is 42.6 Å². The summed E-state index contributed by atoms with van der Waals surface area (Å²) in [5.41, 5.74) is -2.16. The molecule has 24 heavy (non-hydrogen) atoms. The summed E-state index contributed by atoms with van der Waals surface area (Å²) in [6, 6.07) is 6.66. The predicted octanol–water partition coefficient (Wildman–Crippen LogP) is 4.88. The van der Waals surface area contributed by atoms with Gasteiger partial charge in [0.15, 0.2) is 0 Å². The van der Waals surface area contributed by atoms with E-state index in [2.05, 4.69) is 4.98 Å². The molecule has 0 unspecified atom stereocenters. The van der Waals surface area contributed by atoms with Crippen LogP contribution in [0.3, 0.4) is 0 Å². The van der Waals surface area contributed by atoms with Crippen molar-refractivity contribution in [2.24, 2.45) is 0 Å². The molecule has 0 saturated carbocycles. The zero-order valence-corrected chi connectivity index (χ0v) is 12.3. The van der Waals surface area contributed by atoms with Gasteiger partial charge in [0.1, 0.15) is 0 Å². The van der Waals surface area contributed by atoms with Crippen molar-refractivity contribution in [2.45, 2.75) is 25.4 Å². The average molecular weight is 349 g/mol. The van der Waals surface area contributed by atoms with Gasteiger partial charge < -0.3 is 4.74 Å². The lowest BCUT2D eigenvalue weighted by molar-refractivity contribution is -0.143. The lowest BCUT2D eigenvalue weighted by Gasteiger charge is -2.14. The summed E-state index contributed by atoms with van der Waals surface area (Å²) in [7, 11) is 0. The fourth-order valence-corrected chi connectivity index (χ4v) is 2.02. The van der Waals surface area contributed by atoms with Crippen LogP contribution in [0.1, 0.15) is 22.4 Å². The van der Waals surface area contributed by atoms with Crippen LogP contribution in [0.4, 0.5) is 26.3 Å². The Balaban J connectivity index is 2.06. The molecule has 0 aliphatic rings. The summed E-state index contributed by atoms with van der Waals surface area (Å²) < 4.78 is 81.6. The highest BCUT2D eigenvalue weighted by atomic mass is 19.4. The molecule has 1 heterocycles. The number of nitrogens with zero attached hydrogens (tertiary/aromatic N) is 1. The van der Waals surface area contributed by atoms with Crippen molar-refractivity contribution in [2.75, 3.05) is 6.61 Å². The van der Waals surface area contributed by atoms with Crippen LogP contribution in [0.2, 0.25) is 0 Å². The average Bonchev–Trinajstić information content (AvgIpc) is 2.51. The van der Waals surface area contributed by atoms with Crippen molar-refractivity contribution in [1.82, 2.24) is 4.98 Å². The van der Waals surface area contributed by atoms with Crippen LogP contribution in [0.25, 0.3) is 0 Å². The molecule has 0 saturated heterocycles. The monoisotopic (exact) mass is 349 g/mol. The van der Waals surface area contributed by atoms with E-state index in [9.17, 15) is 26.3 Å². The minimum atomic E-state index is -4.86. The van der Waals surface area contributed by atoms with Gasteiger partial charge >= 0.3 is 12.4 Å². The molecule has 2 rings (SSSR count). The maximum absolute atomic E-state index is 12.7. The highest BCUT2D eigenvalue weighted by Gasteiger charge is 2.36. The van der Waals surface area contributed by atoms with Gasteiger partial charge in [0.25, 0.3) is 0 Å². The molecule has 1 aromatic carbocycles. The first-order valence-electron chi connectivity index (χ1n) is 6.92. The van der Waals surface area contributed by atoms with E-state index in [1.807, 2.05) is 0 Å². The van der Waals surface area contributed by atoms with E-state index >= 15 is 0 Å². The Kier molecular flexibility index (Phi) is 5.48. The predicted molar refractivity (Wildman–Crippen MR) is 74.0 cm³/mol. The smallest absolute Gasteiger partial charge is 0.376 e. The molecule has 0 amide bonds. The number of hydrogen-bond donors (Lipinski definition) is 0. The van der Waals surface area contributed by atoms with Gasteiger partial charge in [-0.3, -0.25) is 4.98 Å². The number of aromatic nitrogens is 1. The summed E-state index contributed by atoms with van der Waals surface area (Å²) in [6.45, 7) is -0.214. The molecule has 130 valence electrons. The topological polar surface area (TPSA) is 22.1 Å². The van der Waals surface area contributed by atoms with E-state index in [0.717, 1.165) is 5.69 Å². The summed E-state index contributed by atoms with van der Waals surface area (Å²) >= 11 is 0. The van der Waals surface area contributed by atoms with E-state index < -0.39 is 23.5 Å². The first-order valence-corrected chi connectivity index (χ1v) is 6.92. The lowest BCUT2D eigenvalue weighted by Crippen LogP contribution is -2.12. The second kappa shape index (κ2) is 7.21. The number of rotatable bonds is 5. The summed E-state index contributed by atoms with van der Waals surface area (Å²) in [5, 5.41) is 0. The molecule has 0 atom stereocenters. The molecular weight excluding hydrogens is 336 g/mol. The number of halogens is 6. The zero-order chi connectivity index (χ0) is 17.8. The van der Waals surface area contributed by atoms with Crippen molar-refractivity contribution in [3.8, 4) is 0 Å². The molecule has 0 fully saturated rings. The van der Waals surface area contributed by atoms with Crippen molar-refractivity contribution >= 4 is 0 Å². The van der Waals surface area contributed by atoms with Crippen molar-refractivity contribution in [1.29, 1.82) is 0 Å². The van der Waals surface area contributed by atoms with Crippen molar-refractivity contribution < 1.29 is 31.1 Å². The Morgan fingerprint density at radius 1 is 0.875 bits per heavy atom. The Morgan fingerprint density at radius 2 is 1.50 bits per heavy atom. The minimum Gasteiger partial charge on any atom is -0.376 e. The highest BCUT2D eigenvalue weighted by Crippen LogP contribution is 2.36. The van der Waals surface area contributed by atoms with Gasteiger partial charge in [-0.25, -0.2) is 0 Å². The lowest BCUT2D eigenvalue weighted by atomic mass is 10.1. The molecule has 8 heteroatoms. The van der Waals surface area contributed by atoms with Crippen LogP contribution in [0, 0.1) is 0 Å². The maximum atomic E-state index is 12.7. The standard InChI is InChI=1S/C16H13F6NO/c17-15(18,19)12-7-11(8-13(9-12)16(20,21)22)10-24-6-4-14-3-1-2-5-23-14/h1-3,5,7-9H,4,6,10H2. The van der Waals surface area contributed by atoms with Gasteiger partial charge in [0, 0.05) is 18.3 Å². The van der Waals surface area contributed by atoms with Crippen LogP contribution < -0.4 is 0 Å². The fourth-order valence-electron chi connectivity index (χ4n) is 2.02. The molecule has 2 aromatic rings. The molecule has 0 N–H and O–H groups in total. The summed E-state index contributed by atoms with van der Waals surface area (Å²) in [4.78, 5) is 4.04. The molecule has 0 aliphatic heterocycles. The highest BCUT2D eigenvalue weighted by molar-refractivity contribution is 5.33. The normalized spacial score (nSPS) is 12.4. The van der Waals surface area contributed by atoms with E-state index in [1.54, 1.807) is 24.4 Å². The van der Waals surface area contributed by atoms with Gasteiger partial charge in [0.05, 0.1) is 24.3 Å². The van der Waals surface area contributed by atoms with E-state index in [0.29, 0.717) is 18.6 Å². The van der Waals surface area contributed by atoms with Crippen molar-refractivity contribution in [3.05, 3.63) is 65.0 Å². The van der Waals surface area contributed by atoms with Gasteiger partial charge in [0.2, 0.25) is 0 Å². The van der Waals surface area contributed by atoms with Gasteiger partial charge in [-0.1, -0.05) is 6.07 Å². The number of hydrogen-bond acceptors (Lipinski definition) is 2. The van der Waals surface area contributed by atoms with Crippen LogP contribution in [-0.2, 0) is 30.1 Å². The van der Waals surface area contributed by atoms with E-state index in [1.165, 1.54) is 0 Å². The van der Waals surface area contributed by atoms with Crippen molar-refractivity contribution in [3.63, 3.8) is 0 Å². The second-order valence-electron chi connectivity index (χ2n) is 5.04. The number of benzene rings is 1. The van der Waals surface area contributed by atoms with Gasteiger partial charge in [-0.15, -0.1) is 0 Å². The first kappa shape index (κ1) is 18.3. The zero-order valence-electron chi connectivity index (χ0n) is 12.3. The van der Waals surface area contributed by atoms with E-state index in [-0.39, 0.29) is 24.8 Å². The molecule has 2 nitrogen and oxygen atoms in total. The van der Waals surface area contributed by atoms with Gasteiger partial charge in [-0.2, -0.15) is 26.3 Å². The Hall–Kier alpha value is -2.09. The Bertz CT molecular complexity index is 634. The van der Waals surface area contributed by atoms with Crippen LogP contribution >= 0.6 is 0 Å². The maximum Gasteiger partial charge on any atom is 0.416 e. The number of pyridine rings is 1. The van der Waals surface area contributed by atoms with Crippen LogP contribution in [-0.4, -0.2) is 11.6 Å². The SMILES string of the molecule is FC(F)(F)c1cc(COCCc2ccccn2)cc(C(F)(F)F)c1. The second-order valence-corrected chi connectivity index (χ2v) is 5.04. The third-order valence-electron chi connectivity index (χ3n) is 3.14. The van der Waals surface area contributed by atoms with Crippen LogP contribution in [0.5, 0.6) is 0 Å². The Labute approximate surface area is 134 Å². The quantitative estimate of drug-likeness (QED) is 0.567. The largest absolute Gasteiger partial charge is 0.416 e. The molecule has 0 bridgehead atoms. The molecule has 1 aromatic heterocycles. The summed E-state index contributed by atoms with van der Waals surface area (Å²) in [6.07, 6.45) is -7.72. The fraction of sp³-hybridized carbons (Fsp3) is 0.312. The number of alkyl halides is 6.